The molecule has 0 bridgehead atoms. The number of amides is 1. The molecule has 1 aromatic heterocycles. The summed E-state index contributed by atoms with van der Waals surface area (Å²) in [7, 11) is 0. The SMILES string of the molecule is O=C(CCCn1c(=O)oc2ccccc21)Nc1ccc2c(c1)CCC2. The normalized spacial score (nSPS) is 13.1. The average Bonchev–Trinajstić information content (AvgIpc) is 3.19. The van der Waals surface area contributed by atoms with Crippen molar-refractivity contribution in [2.24, 2.45) is 0 Å². The van der Waals surface area contributed by atoms with Gasteiger partial charge in [-0.05, 0) is 61.1 Å². The Morgan fingerprint density at radius 2 is 1.96 bits per heavy atom. The van der Waals surface area contributed by atoms with Crippen molar-refractivity contribution in [1.82, 2.24) is 4.57 Å². The minimum atomic E-state index is -0.375. The Labute approximate surface area is 145 Å². The number of carbonyl (C=O) groups is 1. The average molecular weight is 336 g/mol. The van der Waals surface area contributed by atoms with Gasteiger partial charge in [-0.3, -0.25) is 9.36 Å². The van der Waals surface area contributed by atoms with Crippen LogP contribution < -0.4 is 11.1 Å². The number of hydrogen-bond acceptors (Lipinski definition) is 3. The Kier molecular flexibility index (Phi) is 4.14. The second-order valence-corrected chi connectivity index (χ2v) is 6.48. The lowest BCUT2D eigenvalue weighted by Crippen LogP contribution is -2.17. The van der Waals surface area contributed by atoms with Crippen molar-refractivity contribution >= 4 is 22.7 Å². The maximum absolute atomic E-state index is 12.2. The zero-order chi connectivity index (χ0) is 17.2. The van der Waals surface area contributed by atoms with E-state index in [1.165, 1.54) is 17.5 Å². The lowest BCUT2D eigenvalue weighted by atomic mass is 10.1. The molecule has 128 valence electrons. The van der Waals surface area contributed by atoms with E-state index in [1.54, 1.807) is 10.6 Å². The molecule has 1 heterocycles. The number of anilines is 1. The summed E-state index contributed by atoms with van der Waals surface area (Å²) in [4.78, 5) is 24.1. The lowest BCUT2D eigenvalue weighted by Gasteiger charge is -2.08. The summed E-state index contributed by atoms with van der Waals surface area (Å²) in [6.45, 7) is 0.466. The van der Waals surface area contributed by atoms with Crippen LogP contribution in [0.2, 0.25) is 0 Å². The number of para-hydroxylation sites is 2. The third-order valence-electron chi connectivity index (χ3n) is 4.74. The summed E-state index contributed by atoms with van der Waals surface area (Å²) in [5.74, 6) is -0.404. The van der Waals surface area contributed by atoms with E-state index in [0.717, 1.165) is 24.0 Å². The number of oxazole rings is 1. The van der Waals surface area contributed by atoms with Crippen molar-refractivity contribution in [3.8, 4) is 0 Å². The van der Waals surface area contributed by atoms with Gasteiger partial charge in [0.05, 0.1) is 5.52 Å². The molecule has 3 aromatic rings. The van der Waals surface area contributed by atoms with Crippen molar-refractivity contribution in [2.45, 2.75) is 38.6 Å². The zero-order valence-corrected chi connectivity index (χ0v) is 14.0. The van der Waals surface area contributed by atoms with E-state index in [2.05, 4.69) is 17.4 Å². The monoisotopic (exact) mass is 336 g/mol. The van der Waals surface area contributed by atoms with Crippen LogP contribution in [0.4, 0.5) is 5.69 Å². The van der Waals surface area contributed by atoms with Crippen LogP contribution in [0.5, 0.6) is 0 Å². The van der Waals surface area contributed by atoms with Gasteiger partial charge in [-0.1, -0.05) is 18.2 Å². The minimum Gasteiger partial charge on any atom is -0.408 e. The molecule has 0 fully saturated rings. The van der Waals surface area contributed by atoms with Gasteiger partial charge < -0.3 is 9.73 Å². The molecule has 1 amide bonds. The molecular formula is C20H20N2O3. The molecule has 0 radical (unpaired) electrons. The fourth-order valence-corrected chi connectivity index (χ4v) is 3.50. The van der Waals surface area contributed by atoms with Gasteiger partial charge in [0.15, 0.2) is 5.58 Å². The number of nitrogens with zero attached hydrogens (tertiary/aromatic N) is 1. The number of fused-ring (bicyclic) bond motifs is 2. The highest BCUT2D eigenvalue weighted by atomic mass is 16.4. The van der Waals surface area contributed by atoms with Crippen molar-refractivity contribution < 1.29 is 9.21 Å². The summed E-state index contributed by atoms with van der Waals surface area (Å²) < 4.78 is 6.78. The van der Waals surface area contributed by atoms with Crippen LogP contribution in [0, 0.1) is 0 Å². The van der Waals surface area contributed by atoms with Gasteiger partial charge in [0, 0.05) is 18.7 Å². The smallest absolute Gasteiger partial charge is 0.408 e. The molecule has 5 nitrogen and oxygen atoms in total. The first-order valence-corrected chi connectivity index (χ1v) is 8.71. The molecule has 0 spiro atoms. The van der Waals surface area contributed by atoms with E-state index >= 15 is 0 Å². The molecule has 5 heteroatoms. The molecule has 0 saturated carbocycles. The molecule has 0 atom stereocenters. The van der Waals surface area contributed by atoms with Gasteiger partial charge >= 0.3 is 5.76 Å². The first-order chi connectivity index (χ1) is 12.2. The van der Waals surface area contributed by atoms with Gasteiger partial charge in [0.1, 0.15) is 0 Å². The molecular weight excluding hydrogens is 316 g/mol. The topological polar surface area (TPSA) is 64.2 Å². The fraction of sp³-hybridized carbons (Fsp3) is 0.300. The van der Waals surface area contributed by atoms with E-state index in [9.17, 15) is 9.59 Å². The number of carbonyl (C=O) groups excluding carboxylic acids is 1. The van der Waals surface area contributed by atoms with E-state index in [1.807, 2.05) is 24.3 Å². The van der Waals surface area contributed by atoms with Crippen LogP contribution in [-0.4, -0.2) is 10.5 Å². The molecule has 1 aliphatic rings. The highest BCUT2D eigenvalue weighted by Gasteiger charge is 2.12. The second kappa shape index (κ2) is 6.59. The second-order valence-electron chi connectivity index (χ2n) is 6.48. The van der Waals surface area contributed by atoms with Crippen LogP contribution in [0.15, 0.2) is 51.7 Å². The van der Waals surface area contributed by atoms with Crippen molar-refractivity contribution in [3.63, 3.8) is 0 Å². The fourth-order valence-electron chi connectivity index (χ4n) is 3.50. The molecule has 1 aliphatic carbocycles. The molecule has 0 aliphatic heterocycles. The minimum absolute atomic E-state index is 0.0289. The van der Waals surface area contributed by atoms with Gasteiger partial charge in [-0.25, -0.2) is 4.79 Å². The molecule has 0 saturated heterocycles. The van der Waals surface area contributed by atoms with Gasteiger partial charge in [-0.15, -0.1) is 0 Å². The standard InChI is InChI=1S/C20H20N2O3/c23-19(21-16-11-10-14-5-3-6-15(14)13-16)9-4-12-22-17-7-1-2-8-18(17)25-20(22)24/h1-2,7-8,10-11,13H,3-6,9,12H2,(H,21,23). The first-order valence-electron chi connectivity index (χ1n) is 8.71. The predicted molar refractivity (Wildman–Crippen MR) is 96.8 cm³/mol. The number of hydrogen-bond donors (Lipinski definition) is 1. The molecule has 0 unspecified atom stereocenters. The summed E-state index contributed by atoms with van der Waals surface area (Å²) in [5, 5.41) is 2.95. The highest BCUT2D eigenvalue weighted by Crippen LogP contribution is 2.25. The van der Waals surface area contributed by atoms with Crippen LogP contribution in [0.1, 0.15) is 30.4 Å². The maximum atomic E-state index is 12.2. The van der Waals surface area contributed by atoms with Crippen LogP contribution in [0.3, 0.4) is 0 Å². The summed E-state index contributed by atoms with van der Waals surface area (Å²) >= 11 is 0. The number of nitrogens with one attached hydrogen (secondary N) is 1. The Morgan fingerprint density at radius 3 is 2.88 bits per heavy atom. The molecule has 2 aromatic carbocycles. The van der Waals surface area contributed by atoms with E-state index < -0.39 is 0 Å². The van der Waals surface area contributed by atoms with Gasteiger partial charge in [-0.2, -0.15) is 0 Å². The van der Waals surface area contributed by atoms with Gasteiger partial charge in [0.2, 0.25) is 5.91 Å². The highest BCUT2D eigenvalue weighted by molar-refractivity contribution is 5.90. The van der Waals surface area contributed by atoms with Crippen molar-refractivity contribution in [1.29, 1.82) is 0 Å². The molecule has 1 N–H and O–H groups in total. The number of rotatable bonds is 5. The number of benzene rings is 2. The summed E-state index contributed by atoms with van der Waals surface area (Å²) in [6, 6.07) is 13.5. The van der Waals surface area contributed by atoms with Crippen LogP contribution in [-0.2, 0) is 24.2 Å². The Balaban J connectivity index is 1.36. The van der Waals surface area contributed by atoms with Crippen LogP contribution >= 0.6 is 0 Å². The Hall–Kier alpha value is -2.82. The quantitative estimate of drug-likeness (QED) is 0.775. The Morgan fingerprint density at radius 1 is 1.12 bits per heavy atom. The first kappa shape index (κ1) is 15.7. The third kappa shape index (κ3) is 3.22. The van der Waals surface area contributed by atoms with Crippen LogP contribution in [0.25, 0.3) is 11.1 Å². The van der Waals surface area contributed by atoms with Crippen molar-refractivity contribution in [2.75, 3.05) is 5.32 Å². The van der Waals surface area contributed by atoms with Gasteiger partial charge in [0.25, 0.3) is 0 Å². The summed E-state index contributed by atoms with van der Waals surface area (Å²) in [6.07, 6.45) is 4.37. The van der Waals surface area contributed by atoms with E-state index in [0.29, 0.717) is 25.0 Å². The predicted octanol–water partition coefficient (Wildman–Crippen LogP) is 3.50. The zero-order valence-electron chi connectivity index (χ0n) is 14.0. The molecule has 25 heavy (non-hydrogen) atoms. The largest absolute Gasteiger partial charge is 0.419 e. The third-order valence-corrected chi connectivity index (χ3v) is 4.74. The van der Waals surface area contributed by atoms with E-state index in [4.69, 9.17) is 4.42 Å². The Bertz CT molecular complexity index is 984. The molecule has 4 rings (SSSR count). The van der Waals surface area contributed by atoms with Crippen molar-refractivity contribution in [3.05, 3.63) is 64.1 Å². The summed E-state index contributed by atoms with van der Waals surface area (Å²) in [5.41, 5.74) is 4.94. The number of aryl methyl sites for hydroxylation is 3. The van der Waals surface area contributed by atoms with E-state index in [-0.39, 0.29) is 11.7 Å². The number of aromatic nitrogens is 1. The maximum Gasteiger partial charge on any atom is 0.419 e. The lowest BCUT2D eigenvalue weighted by molar-refractivity contribution is -0.116.